The van der Waals surface area contributed by atoms with Crippen molar-refractivity contribution < 1.29 is 4.42 Å². The van der Waals surface area contributed by atoms with E-state index in [9.17, 15) is 0 Å². The van der Waals surface area contributed by atoms with Gasteiger partial charge in [-0.15, -0.1) is 0 Å². The summed E-state index contributed by atoms with van der Waals surface area (Å²) in [4.78, 5) is 15.1. The summed E-state index contributed by atoms with van der Waals surface area (Å²) in [5, 5.41) is 8.48. The van der Waals surface area contributed by atoms with Crippen molar-refractivity contribution >= 4 is 54.4 Å². The van der Waals surface area contributed by atoms with Crippen LogP contribution in [0.15, 0.2) is 193 Å². The van der Waals surface area contributed by atoms with Crippen LogP contribution in [0.5, 0.6) is 0 Å². The third kappa shape index (κ3) is 5.26. The molecule has 0 saturated heterocycles. The predicted molar refractivity (Wildman–Crippen MR) is 227 cm³/mol. The van der Waals surface area contributed by atoms with Crippen molar-refractivity contribution in [3.8, 4) is 56.2 Å². The Morgan fingerprint density at radius 3 is 1.60 bits per heavy atom. The maximum Gasteiger partial charge on any atom is 0.161 e. The average molecular weight is 702 g/mol. The van der Waals surface area contributed by atoms with Gasteiger partial charge in [-0.25, -0.2) is 9.97 Å². The van der Waals surface area contributed by atoms with Crippen molar-refractivity contribution in [3.63, 3.8) is 0 Å². The number of furan rings is 1. The van der Waals surface area contributed by atoms with Crippen LogP contribution in [0.1, 0.15) is 0 Å². The van der Waals surface area contributed by atoms with Gasteiger partial charge >= 0.3 is 0 Å². The van der Waals surface area contributed by atoms with Crippen LogP contribution in [0.3, 0.4) is 0 Å². The standard InChI is InChI=1S/C51H31N3O/c1-3-13-32(14-4-1)46-31-47(54-51(53-46)33-15-5-2-6-16-33)37-28-35(27-36(29-37)38-25-26-52-49-44-21-11-12-22-48(44)55-50(38)49)34-23-24-43-41-19-8-7-17-39(41)40-18-9-10-20-42(40)45(43)30-34/h1-31H. The molecule has 4 heteroatoms. The number of pyridine rings is 1. The highest BCUT2D eigenvalue weighted by Gasteiger charge is 2.18. The Hall–Kier alpha value is -7.43. The Kier molecular flexibility index (Phi) is 7.14. The molecule has 0 radical (unpaired) electrons. The predicted octanol–water partition coefficient (Wildman–Crippen LogP) is 13.6. The van der Waals surface area contributed by atoms with Gasteiger partial charge in [-0.2, -0.15) is 0 Å². The average Bonchev–Trinajstić information content (AvgIpc) is 3.66. The molecule has 0 bridgehead atoms. The maximum atomic E-state index is 6.54. The number of nitrogens with zero attached hydrogens (tertiary/aromatic N) is 3. The molecule has 3 aromatic heterocycles. The molecular formula is C51H31N3O. The second kappa shape index (κ2) is 12.6. The summed E-state index contributed by atoms with van der Waals surface area (Å²) < 4.78 is 6.54. The summed E-state index contributed by atoms with van der Waals surface area (Å²) >= 11 is 0. The third-order valence-electron chi connectivity index (χ3n) is 10.7. The Balaban J connectivity index is 1.19. The van der Waals surface area contributed by atoms with Crippen molar-refractivity contribution in [2.75, 3.05) is 0 Å². The zero-order valence-corrected chi connectivity index (χ0v) is 29.6. The maximum absolute atomic E-state index is 6.54. The van der Waals surface area contributed by atoms with Crippen LogP contribution >= 0.6 is 0 Å². The van der Waals surface area contributed by atoms with Crippen molar-refractivity contribution in [3.05, 3.63) is 188 Å². The van der Waals surface area contributed by atoms with Gasteiger partial charge in [0.15, 0.2) is 11.4 Å². The number of aromatic nitrogens is 3. The minimum absolute atomic E-state index is 0.677. The monoisotopic (exact) mass is 701 g/mol. The van der Waals surface area contributed by atoms with E-state index in [0.29, 0.717) is 5.82 Å². The van der Waals surface area contributed by atoms with E-state index < -0.39 is 0 Å². The first-order chi connectivity index (χ1) is 27.2. The minimum atomic E-state index is 0.677. The highest BCUT2D eigenvalue weighted by Crippen LogP contribution is 2.41. The molecule has 0 aliphatic rings. The van der Waals surface area contributed by atoms with Gasteiger partial charge in [0.25, 0.3) is 0 Å². The van der Waals surface area contributed by atoms with Crippen LogP contribution < -0.4 is 0 Å². The summed E-state index contributed by atoms with van der Waals surface area (Å²) in [5.41, 5.74) is 11.3. The SMILES string of the molecule is c1ccc(-c2cc(-c3cc(-c4ccc5c6ccccc6c6ccccc6c5c4)cc(-c4ccnc5c4oc4ccccc45)c3)nc(-c3ccccc3)n2)cc1. The molecule has 256 valence electrons. The summed E-state index contributed by atoms with van der Waals surface area (Å²) in [6, 6.07) is 63.9. The van der Waals surface area contributed by atoms with Gasteiger partial charge in [-0.05, 0) is 97.5 Å². The molecule has 8 aromatic carbocycles. The number of fused-ring (bicyclic) bond motifs is 9. The van der Waals surface area contributed by atoms with E-state index in [2.05, 4.69) is 127 Å². The van der Waals surface area contributed by atoms with Crippen molar-refractivity contribution in [2.24, 2.45) is 0 Å². The van der Waals surface area contributed by atoms with Crippen LogP contribution in [0.25, 0.3) is 111 Å². The molecule has 0 fully saturated rings. The second-order valence-corrected chi connectivity index (χ2v) is 14.0. The van der Waals surface area contributed by atoms with E-state index in [1.54, 1.807) is 0 Å². The van der Waals surface area contributed by atoms with E-state index in [1.165, 1.54) is 32.3 Å². The zero-order chi connectivity index (χ0) is 36.3. The number of hydrogen-bond acceptors (Lipinski definition) is 4. The van der Waals surface area contributed by atoms with Gasteiger partial charge in [0.2, 0.25) is 0 Å². The fraction of sp³-hybridized carbons (Fsp3) is 0. The van der Waals surface area contributed by atoms with E-state index >= 15 is 0 Å². The smallest absolute Gasteiger partial charge is 0.161 e. The lowest BCUT2D eigenvalue weighted by Crippen LogP contribution is -1.96. The summed E-state index contributed by atoms with van der Waals surface area (Å²) in [5.74, 6) is 0.677. The van der Waals surface area contributed by atoms with Crippen LogP contribution in [0.4, 0.5) is 0 Å². The number of rotatable bonds is 5. The lowest BCUT2D eigenvalue weighted by molar-refractivity contribution is 0.669. The highest BCUT2D eigenvalue weighted by atomic mass is 16.3. The molecule has 11 rings (SSSR count). The first-order valence-electron chi connectivity index (χ1n) is 18.5. The molecule has 4 nitrogen and oxygen atoms in total. The van der Waals surface area contributed by atoms with Gasteiger partial charge in [0.05, 0.1) is 11.4 Å². The van der Waals surface area contributed by atoms with E-state index in [0.717, 1.165) is 72.4 Å². The Morgan fingerprint density at radius 1 is 0.345 bits per heavy atom. The fourth-order valence-corrected chi connectivity index (χ4v) is 8.09. The van der Waals surface area contributed by atoms with Crippen molar-refractivity contribution in [2.45, 2.75) is 0 Å². The Labute approximate surface area is 317 Å². The van der Waals surface area contributed by atoms with Gasteiger partial charge in [0.1, 0.15) is 11.1 Å². The van der Waals surface area contributed by atoms with E-state index in [4.69, 9.17) is 19.4 Å². The molecule has 0 unspecified atom stereocenters. The number of hydrogen-bond donors (Lipinski definition) is 0. The quantitative estimate of drug-likeness (QED) is 0.168. The van der Waals surface area contributed by atoms with Gasteiger partial charge in [-0.3, -0.25) is 4.98 Å². The molecule has 0 amide bonds. The van der Waals surface area contributed by atoms with Gasteiger partial charge in [0, 0.05) is 33.8 Å². The number of para-hydroxylation sites is 1. The molecule has 0 N–H and O–H groups in total. The molecule has 11 aromatic rings. The normalized spacial score (nSPS) is 11.6. The topological polar surface area (TPSA) is 51.8 Å². The zero-order valence-electron chi connectivity index (χ0n) is 29.6. The molecule has 0 aliphatic carbocycles. The van der Waals surface area contributed by atoms with Crippen LogP contribution in [0.2, 0.25) is 0 Å². The summed E-state index contributed by atoms with van der Waals surface area (Å²) in [6.45, 7) is 0. The fourth-order valence-electron chi connectivity index (χ4n) is 8.09. The lowest BCUT2D eigenvalue weighted by atomic mass is 9.90. The van der Waals surface area contributed by atoms with Crippen LogP contribution in [-0.4, -0.2) is 15.0 Å². The van der Waals surface area contributed by atoms with Crippen molar-refractivity contribution in [1.82, 2.24) is 15.0 Å². The van der Waals surface area contributed by atoms with Gasteiger partial charge < -0.3 is 4.42 Å². The molecule has 55 heavy (non-hydrogen) atoms. The molecular weight excluding hydrogens is 671 g/mol. The first-order valence-corrected chi connectivity index (χ1v) is 18.5. The first kappa shape index (κ1) is 31.1. The Morgan fingerprint density at radius 2 is 0.891 bits per heavy atom. The van der Waals surface area contributed by atoms with Crippen LogP contribution in [-0.2, 0) is 0 Å². The molecule has 0 saturated carbocycles. The summed E-state index contributed by atoms with van der Waals surface area (Å²) in [6.07, 6.45) is 1.88. The Bertz CT molecular complexity index is 3170. The highest BCUT2D eigenvalue weighted by molar-refractivity contribution is 6.25. The molecule has 0 aliphatic heterocycles. The number of benzene rings is 8. The molecule has 0 spiro atoms. The molecule has 0 atom stereocenters. The third-order valence-corrected chi connectivity index (χ3v) is 10.7. The lowest BCUT2D eigenvalue weighted by Gasteiger charge is -2.15. The molecule has 3 heterocycles. The van der Waals surface area contributed by atoms with E-state index in [1.807, 2.05) is 60.8 Å². The minimum Gasteiger partial charge on any atom is -0.454 e. The van der Waals surface area contributed by atoms with Crippen LogP contribution in [0, 0.1) is 0 Å². The summed E-state index contributed by atoms with van der Waals surface area (Å²) in [7, 11) is 0. The second-order valence-electron chi connectivity index (χ2n) is 14.0. The largest absolute Gasteiger partial charge is 0.454 e. The van der Waals surface area contributed by atoms with Gasteiger partial charge in [-0.1, -0.05) is 133 Å². The van der Waals surface area contributed by atoms with Crippen molar-refractivity contribution in [1.29, 1.82) is 0 Å². The van der Waals surface area contributed by atoms with E-state index in [-0.39, 0.29) is 0 Å².